The van der Waals surface area contributed by atoms with E-state index in [1.54, 1.807) is 4.57 Å². The van der Waals surface area contributed by atoms with E-state index >= 15 is 4.39 Å². The predicted molar refractivity (Wildman–Crippen MR) is 122 cm³/mol. The van der Waals surface area contributed by atoms with E-state index in [2.05, 4.69) is 10.2 Å². The summed E-state index contributed by atoms with van der Waals surface area (Å²) >= 11 is 0. The van der Waals surface area contributed by atoms with Crippen molar-refractivity contribution in [3.05, 3.63) is 63.5 Å². The average Bonchev–Trinajstić information content (AvgIpc) is 2.81. The Morgan fingerprint density at radius 2 is 1.69 bits per heavy atom. The number of amides is 1. The zero-order valence-corrected chi connectivity index (χ0v) is 19.0. The van der Waals surface area contributed by atoms with Crippen LogP contribution in [-0.4, -0.2) is 55.2 Å². The lowest BCUT2D eigenvalue weighted by Gasteiger charge is -2.37. The number of halogens is 4. The standard InChI is InChI=1S/C24H22F4N4O3/c1-12-11-35-23-20-14(9-18(27)21(23)31-5-3-30(2)4-6-31)22(33)15(10-32(12)20)24(34)29-13-7-16(25)19(28)17(26)8-13/h7-10,12H,3-6,11H2,1-2H3,(H,29,34)/t12-/m0/s1. The molecule has 5 rings (SSSR count). The molecule has 1 fully saturated rings. The maximum Gasteiger partial charge on any atom is 0.261 e. The van der Waals surface area contributed by atoms with E-state index in [1.807, 2.05) is 18.9 Å². The fraction of sp³-hybridized carbons (Fsp3) is 0.333. The van der Waals surface area contributed by atoms with Gasteiger partial charge in [0, 0.05) is 50.2 Å². The molecule has 35 heavy (non-hydrogen) atoms. The molecular formula is C24H22F4N4O3. The Morgan fingerprint density at radius 3 is 2.34 bits per heavy atom. The maximum absolute atomic E-state index is 15.4. The van der Waals surface area contributed by atoms with Gasteiger partial charge in [0.25, 0.3) is 5.91 Å². The molecule has 1 amide bonds. The number of rotatable bonds is 3. The number of nitrogens with one attached hydrogen (secondary N) is 1. The predicted octanol–water partition coefficient (Wildman–Crippen LogP) is 3.52. The molecule has 2 aliphatic rings. The van der Waals surface area contributed by atoms with E-state index in [4.69, 9.17) is 4.74 Å². The van der Waals surface area contributed by atoms with E-state index in [0.717, 1.165) is 19.2 Å². The fourth-order valence-electron chi connectivity index (χ4n) is 4.52. The van der Waals surface area contributed by atoms with Crippen LogP contribution in [0.5, 0.6) is 5.75 Å². The lowest BCUT2D eigenvalue weighted by molar-refractivity contribution is 0.102. The first-order chi connectivity index (χ1) is 16.7. The summed E-state index contributed by atoms with van der Waals surface area (Å²) in [5, 5.41) is 2.17. The third-order valence-corrected chi connectivity index (χ3v) is 6.45. The number of nitrogens with zero attached hydrogens (tertiary/aromatic N) is 3. The Morgan fingerprint density at radius 1 is 1.03 bits per heavy atom. The van der Waals surface area contributed by atoms with Gasteiger partial charge in [0.2, 0.25) is 5.43 Å². The summed E-state index contributed by atoms with van der Waals surface area (Å²) in [4.78, 5) is 30.2. The van der Waals surface area contributed by atoms with E-state index in [0.29, 0.717) is 30.7 Å². The Labute approximate surface area is 197 Å². The quantitative estimate of drug-likeness (QED) is 0.450. The third-order valence-electron chi connectivity index (χ3n) is 6.45. The van der Waals surface area contributed by atoms with Crippen LogP contribution in [0.25, 0.3) is 10.9 Å². The number of carbonyl (C=O) groups excluding carboxylic acids is 1. The second-order valence-electron chi connectivity index (χ2n) is 8.87. The highest BCUT2D eigenvalue weighted by Gasteiger charge is 2.31. The van der Waals surface area contributed by atoms with Gasteiger partial charge < -0.3 is 24.4 Å². The highest BCUT2D eigenvalue weighted by Crippen LogP contribution is 2.42. The summed E-state index contributed by atoms with van der Waals surface area (Å²) < 4.78 is 63.4. The van der Waals surface area contributed by atoms with Gasteiger partial charge in [-0.2, -0.15) is 0 Å². The summed E-state index contributed by atoms with van der Waals surface area (Å²) in [6, 6.07) is 2.02. The number of piperazine rings is 1. The molecule has 2 aromatic carbocycles. The van der Waals surface area contributed by atoms with Crippen molar-refractivity contribution in [2.24, 2.45) is 0 Å². The number of anilines is 2. The molecule has 0 aliphatic carbocycles. The van der Waals surface area contributed by atoms with Crippen molar-refractivity contribution in [3.63, 3.8) is 0 Å². The van der Waals surface area contributed by atoms with Crippen LogP contribution in [0.1, 0.15) is 23.3 Å². The number of pyridine rings is 1. The third kappa shape index (κ3) is 3.89. The number of hydrogen-bond donors (Lipinski definition) is 1. The topological polar surface area (TPSA) is 66.8 Å². The second kappa shape index (κ2) is 8.56. The van der Waals surface area contributed by atoms with Crippen LogP contribution in [0.4, 0.5) is 28.9 Å². The number of aromatic nitrogens is 1. The molecule has 1 saturated heterocycles. The highest BCUT2D eigenvalue weighted by molar-refractivity contribution is 6.06. The normalized spacial score (nSPS) is 18.0. The minimum absolute atomic E-state index is 0.0500. The maximum atomic E-state index is 15.4. The van der Waals surface area contributed by atoms with Gasteiger partial charge in [-0.05, 0) is 20.0 Å². The molecule has 0 saturated carbocycles. The lowest BCUT2D eigenvalue weighted by Crippen LogP contribution is -2.45. The molecular weight excluding hydrogens is 468 g/mol. The largest absolute Gasteiger partial charge is 0.487 e. The van der Waals surface area contributed by atoms with Gasteiger partial charge in [-0.15, -0.1) is 0 Å². The molecule has 7 nitrogen and oxygen atoms in total. The Kier molecular flexibility index (Phi) is 5.66. The van der Waals surface area contributed by atoms with E-state index in [1.165, 1.54) is 6.20 Å². The van der Waals surface area contributed by atoms with Gasteiger partial charge in [-0.25, -0.2) is 17.6 Å². The number of hydrogen-bond acceptors (Lipinski definition) is 5. The minimum atomic E-state index is -1.67. The molecule has 184 valence electrons. The van der Waals surface area contributed by atoms with Gasteiger partial charge in [-0.3, -0.25) is 9.59 Å². The Balaban J connectivity index is 1.62. The van der Waals surface area contributed by atoms with Crippen molar-refractivity contribution < 1.29 is 27.1 Å². The van der Waals surface area contributed by atoms with Crippen LogP contribution in [0, 0.1) is 23.3 Å². The van der Waals surface area contributed by atoms with Gasteiger partial charge in [0.05, 0.1) is 16.9 Å². The molecule has 0 bridgehead atoms. The number of benzene rings is 2. The molecule has 11 heteroatoms. The monoisotopic (exact) mass is 490 g/mol. The zero-order chi connectivity index (χ0) is 25.0. The molecule has 3 aromatic rings. The first-order valence-corrected chi connectivity index (χ1v) is 11.1. The molecule has 1 N–H and O–H groups in total. The first kappa shape index (κ1) is 23.2. The summed E-state index contributed by atoms with van der Waals surface area (Å²) in [6.07, 6.45) is 1.33. The zero-order valence-electron chi connectivity index (χ0n) is 19.0. The van der Waals surface area contributed by atoms with Crippen LogP contribution in [-0.2, 0) is 0 Å². The van der Waals surface area contributed by atoms with Crippen molar-refractivity contribution in [2.45, 2.75) is 13.0 Å². The Bertz CT molecular complexity index is 1390. The van der Waals surface area contributed by atoms with Crippen molar-refractivity contribution in [3.8, 4) is 5.75 Å². The minimum Gasteiger partial charge on any atom is -0.487 e. The van der Waals surface area contributed by atoms with E-state index in [9.17, 15) is 22.8 Å². The molecule has 1 aromatic heterocycles. The SMILES string of the molecule is C[C@H]1COc2c(N3CCN(C)CC3)c(F)cc3c(=O)c(C(=O)Nc4cc(F)c(F)c(F)c4)cn1c23. The number of carbonyl (C=O) groups is 1. The fourth-order valence-corrected chi connectivity index (χ4v) is 4.52. The highest BCUT2D eigenvalue weighted by atomic mass is 19.2. The number of ether oxygens (including phenoxy) is 1. The first-order valence-electron chi connectivity index (χ1n) is 11.1. The summed E-state index contributed by atoms with van der Waals surface area (Å²) in [5.74, 6) is -6.01. The van der Waals surface area contributed by atoms with Gasteiger partial charge in [0.15, 0.2) is 29.0 Å². The molecule has 1 atom stereocenters. The summed E-state index contributed by atoms with van der Waals surface area (Å²) in [7, 11) is 1.98. The van der Waals surface area contributed by atoms with Gasteiger partial charge in [-0.1, -0.05) is 0 Å². The molecule has 3 heterocycles. The van der Waals surface area contributed by atoms with Crippen molar-refractivity contribution >= 4 is 28.2 Å². The van der Waals surface area contributed by atoms with E-state index in [-0.39, 0.29) is 40.7 Å². The van der Waals surface area contributed by atoms with Crippen molar-refractivity contribution in [2.75, 3.05) is 50.1 Å². The van der Waals surface area contributed by atoms with Crippen molar-refractivity contribution in [1.82, 2.24) is 9.47 Å². The van der Waals surface area contributed by atoms with Crippen LogP contribution in [0.3, 0.4) is 0 Å². The van der Waals surface area contributed by atoms with Gasteiger partial charge in [0.1, 0.15) is 17.9 Å². The van der Waals surface area contributed by atoms with Crippen LogP contribution in [0.2, 0.25) is 0 Å². The smallest absolute Gasteiger partial charge is 0.261 e. The van der Waals surface area contributed by atoms with Crippen LogP contribution >= 0.6 is 0 Å². The van der Waals surface area contributed by atoms with Crippen molar-refractivity contribution in [1.29, 1.82) is 0 Å². The average molecular weight is 490 g/mol. The lowest BCUT2D eigenvalue weighted by atomic mass is 10.0. The molecule has 0 spiro atoms. The molecule has 0 radical (unpaired) electrons. The summed E-state index contributed by atoms with van der Waals surface area (Å²) in [5.41, 5.74) is -0.827. The van der Waals surface area contributed by atoms with Gasteiger partial charge >= 0.3 is 0 Å². The van der Waals surface area contributed by atoms with E-state index < -0.39 is 34.6 Å². The summed E-state index contributed by atoms with van der Waals surface area (Å²) in [6.45, 7) is 4.65. The molecule has 2 aliphatic heterocycles. The molecule has 0 unspecified atom stereocenters. The van der Waals surface area contributed by atoms with Crippen LogP contribution in [0.15, 0.2) is 29.2 Å². The second-order valence-corrected chi connectivity index (χ2v) is 8.87. The van der Waals surface area contributed by atoms with Crippen LogP contribution < -0.4 is 20.4 Å². The number of likely N-dealkylation sites (N-methyl/N-ethyl adjacent to an activating group) is 1. The Hall–Kier alpha value is -3.60.